The molecular weight excluding hydrogens is 310 g/mol. The highest BCUT2D eigenvalue weighted by Gasteiger charge is 2.31. The Morgan fingerprint density at radius 1 is 1.24 bits per heavy atom. The van der Waals surface area contributed by atoms with Gasteiger partial charge in [-0.15, -0.1) is 12.4 Å². The third kappa shape index (κ3) is 4.66. The first-order valence-electron chi connectivity index (χ1n) is 7.08. The van der Waals surface area contributed by atoms with Crippen LogP contribution in [0.5, 0.6) is 0 Å². The smallest absolute Gasteiger partial charge is 0.282 e. The fourth-order valence-electron chi connectivity index (χ4n) is 2.41. The van der Waals surface area contributed by atoms with E-state index < -0.39 is 10.2 Å². The topological polar surface area (TPSA) is 66.6 Å². The van der Waals surface area contributed by atoms with Crippen LogP contribution in [0.1, 0.15) is 25.3 Å². The van der Waals surface area contributed by atoms with E-state index >= 15 is 0 Å². The highest BCUT2D eigenvalue weighted by Crippen LogP contribution is 2.18. The number of hydrogen-bond donors (Lipinski definition) is 1. The average Bonchev–Trinajstić information content (AvgIpc) is 2.46. The molecule has 0 spiro atoms. The van der Waals surface area contributed by atoms with Gasteiger partial charge in [-0.05, 0) is 18.4 Å². The molecule has 0 amide bonds. The largest absolute Gasteiger partial charge is 0.328 e. The summed E-state index contributed by atoms with van der Waals surface area (Å²) in [5.74, 6) is 0. The van der Waals surface area contributed by atoms with Crippen molar-refractivity contribution in [1.29, 1.82) is 0 Å². The lowest BCUT2D eigenvalue weighted by Crippen LogP contribution is -2.48. The lowest BCUT2D eigenvalue weighted by Gasteiger charge is -2.33. The Labute approximate surface area is 133 Å². The number of halogens is 1. The number of nitrogens with zero attached hydrogens (tertiary/aromatic N) is 2. The predicted molar refractivity (Wildman–Crippen MR) is 87.5 cm³/mol. The minimum atomic E-state index is -3.38. The zero-order valence-corrected chi connectivity index (χ0v) is 13.9. The Hall–Kier alpha value is -0.660. The van der Waals surface area contributed by atoms with E-state index in [0.29, 0.717) is 26.2 Å². The molecule has 1 aliphatic heterocycles. The Kier molecular flexibility index (Phi) is 7.09. The van der Waals surface area contributed by atoms with Crippen LogP contribution in [0.2, 0.25) is 0 Å². The van der Waals surface area contributed by atoms with E-state index in [-0.39, 0.29) is 18.4 Å². The minimum Gasteiger partial charge on any atom is -0.328 e. The van der Waals surface area contributed by atoms with Gasteiger partial charge in [0.1, 0.15) is 0 Å². The van der Waals surface area contributed by atoms with Crippen LogP contribution in [0.15, 0.2) is 30.3 Å². The van der Waals surface area contributed by atoms with Gasteiger partial charge < -0.3 is 5.73 Å². The molecule has 0 saturated carbocycles. The monoisotopic (exact) mass is 333 g/mol. The van der Waals surface area contributed by atoms with Crippen molar-refractivity contribution in [2.75, 3.05) is 19.6 Å². The summed E-state index contributed by atoms with van der Waals surface area (Å²) < 4.78 is 28.4. The second kappa shape index (κ2) is 8.10. The van der Waals surface area contributed by atoms with E-state index in [1.807, 2.05) is 37.3 Å². The molecule has 7 heteroatoms. The van der Waals surface area contributed by atoms with Gasteiger partial charge in [0.05, 0.1) is 0 Å². The van der Waals surface area contributed by atoms with E-state index in [1.165, 1.54) is 4.31 Å². The van der Waals surface area contributed by atoms with Crippen molar-refractivity contribution < 1.29 is 8.42 Å². The number of hydrogen-bond acceptors (Lipinski definition) is 3. The van der Waals surface area contributed by atoms with Gasteiger partial charge >= 0.3 is 0 Å². The summed E-state index contributed by atoms with van der Waals surface area (Å²) >= 11 is 0. The molecule has 1 saturated heterocycles. The van der Waals surface area contributed by atoms with Gasteiger partial charge in [-0.1, -0.05) is 37.3 Å². The van der Waals surface area contributed by atoms with Gasteiger partial charge in [0.15, 0.2) is 0 Å². The number of rotatable bonds is 5. The van der Waals surface area contributed by atoms with Crippen molar-refractivity contribution >= 4 is 22.6 Å². The maximum atomic E-state index is 12.6. The highest BCUT2D eigenvalue weighted by molar-refractivity contribution is 7.86. The Morgan fingerprint density at radius 2 is 1.81 bits per heavy atom. The van der Waals surface area contributed by atoms with Crippen LogP contribution in [0.3, 0.4) is 0 Å². The maximum absolute atomic E-state index is 12.6. The molecule has 1 aromatic carbocycles. The van der Waals surface area contributed by atoms with Crippen molar-refractivity contribution in [3.8, 4) is 0 Å². The van der Waals surface area contributed by atoms with Crippen molar-refractivity contribution in [1.82, 2.24) is 8.61 Å². The second-order valence-electron chi connectivity index (χ2n) is 5.16. The maximum Gasteiger partial charge on any atom is 0.282 e. The van der Waals surface area contributed by atoms with Gasteiger partial charge in [0, 0.05) is 32.2 Å². The van der Waals surface area contributed by atoms with E-state index in [4.69, 9.17) is 5.73 Å². The first-order chi connectivity index (χ1) is 9.54. The third-order valence-electron chi connectivity index (χ3n) is 3.71. The molecule has 2 rings (SSSR count). The molecule has 120 valence electrons. The van der Waals surface area contributed by atoms with Crippen LogP contribution in [0.4, 0.5) is 0 Å². The first-order valence-corrected chi connectivity index (χ1v) is 8.48. The van der Waals surface area contributed by atoms with Gasteiger partial charge in [0.25, 0.3) is 10.2 Å². The van der Waals surface area contributed by atoms with Crippen LogP contribution in [-0.4, -0.2) is 42.7 Å². The summed E-state index contributed by atoms with van der Waals surface area (Å²) in [6.45, 7) is 3.81. The zero-order chi connectivity index (χ0) is 14.6. The molecule has 1 heterocycles. The summed E-state index contributed by atoms with van der Waals surface area (Å²) in [7, 11) is -3.38. The summed E-state index contributed by atoms with van der Waals surface area (Å²) in [6, 6.07) is 9.81. The molecule has 5 nitrogen and oxygen atoms in total. The van der Waals surface area contributed by atoms with Crippen LogP contribution < -0.4 is 5.73 Å². The minimum absolute atomic E-state index is 0. The number of piperidine rings is 1. The molecule has 2 N–H and O–H groups in total. The Bertz CT molecular complexity index is 516. The third-order valence-corrected chi connectivity index (χ3v) is 5.76. The molecule has 0 bridgehead atoms. The summed E-state index contributed by atoms with van der Waals surface area (Å²) in [6.07, 6.45) is 1.48. The molecule has 0 aliphatic carbocycles. The quantitative estimate of drug-likeness (QED) is 0.890. The fourth-order valence-corrected chi connectivity index (χ4v) is 4.05. The molecule has 0 aromatic heterocycles. The lowest BCUT2D eigenvalue weighted by atomic mass is 10.1. The lowest BCUT2D eigenvalue weighted by molar-refractivity contribution is 0.287. The van der Waals surface area contributed by atoms with Gasteiger partial charge in [-0.3, -0.25) is 0 Å². The van der Waals surface area contributed by atoms with Crippen LogP contribution >= 0.6 is 12.4 Å². The molecule has 0 atom stereocenters. The molecule has 0 unspecified atom stereocenters. The molecule has 0 radical (unpaired) electrons. The number of benzene rings is 1. The number of nitrogens with two attached hydrogens (primary N) is 1. The van der Waals surface area contributed by atoms with Crippen LogP contribution in [0.25, 0.3) is 0 Å². The van der Waals surface area contributed by atoms with Crippen LogP contribution in [0, 0.1) is 0 Å². The standard InChI is InChI=1S/C14H23N3O2S.ClH/c1-2-16(12-13-6-4-3-5-7-13)20(18,19)17-10-8-14(15)9-11-17;/h3-7,14H,2,8-12,15H2,1H3;1H. The van der Waals surface area contributed by atoms with Gasteiger partial charge in [-0.2, -0.15) is 17.0 Å². The summed E-state index contributed by atoms with van der Waals surface area (Å²) in [4.78, 5) is 0. The van der Waals surface area contributed by atoms with Crippen molar-refractivity contribution in [3.05, 3.63) is 35.9 Å². The molecule has 1 aliphatic rings. The normalized spacial score (nSPS) is 17.7. The summed E-state index contributed by atoms with van der Waals surface area (Å²) in [5.41, 5.74) is 6.84. The average molecular weight is 334 g/mol. The van der Waals surface area contributed by atoms with E-state index in [1.54, 1.807) is 4.31 Å². The molecule has 21 heavy (non-hydrogen) atoms. The first kappa shape index (κ1) is 18.4. The molecule has 1 fully saturated rings. The van der Waals surface area contributed by atoms with E-state index in [2.05, 4.69) is 0 Å². The highest BCUT2D eigenvalue weighted by atomic mass is 35.5. The Balaban J connectivity index is 0.00000220. The van der Waals surface area contributed by atoms with Crippen molar-refractivity contribution in [2.24, 2.45) is 5.73 Å². The van der Waals surface area contributed by atoms with Crippen LogP contribution in [-0.2, 0) is 16.8 Å². The second-order valence-corrected chi connectivity index (χ2v) is 7.08. The molecule has 1 aromatic rings. The van der Waals surface area contributed by atoms with E-state index in [0.717, 1.165) is 18.4 Å². The van der Waals surface area contributed by atoms with Gasteiger partial charge in [0.2, 0.25) is 0 Å². The van der Waals surface area contributed by atoms with Crippen molar-refractivity contribution in [2.45, 2.75) is 32.4 Å². The molecular formula is C14H24ClN3O2S. The van der Waals surface area contributed by atoms with Crippen molar-refractivity contribution in [3.63, 3.8) is 0 Å². The zero-order valence-electron chi connectivity index (χ0n) is 12.3. The van der Waals surface area contributed by atoms with Gasteiger partial charge in [-0.25, -0.2) is 0 Å². The summed E-state index contributed by atoms with van der Waals surface area (Å²) in [5, 5.41) is 0. The van der Waals surface area contributed by atoms with E-state index in [9.17, 15) is 8.42 Å². The Morgan fingerprint density at radius 3 is 2.33 bits per heavy atom. The predicted octanol–water partition coefficient (Wildman–Crippen LogP) is 1.60. The SMILES string of the molecule is CCN(Cc1ccccc1)S(=O)(=O)N1CCC(N)CC1.Cl. The fraction of sp³-hybridized carbons (Fsp3) is 0.571.